The van der Waals surface area contributed by atoms with Crippen molar-refractivity contribution >= 4 is 15.6 Å². The zero-order chi connectivity index (χ0) is 15.3. The average Bonchev–Trinajstić information content (AvgIpc) is 2.70. The molecule has 114 valence electrons. The summed E-state index contributed by atoms with van der Waals surface area (Å²) in [5.74, 6) is 0.662. The maximum absolute atomic E-state index is 12.6. The maximum atomic E-state index is 12.6. The molecular formula is C16H20O4S. The van der Waals surface area contributed by atoms with Crippen LogP contribution in [0.15, 0.2) is 18.2 Å². The minimum atomic E-state index is -3.29. The second kappa shape index (κ2) is 4.83. The minimum Gasteiger partial charge on any atom is -0.487 e. The van der Waals surface area contributed by atoms with Crippen molar-refractivity contribution in [3.8, 4) is 5.75 Å². The predicted molar refractivity (Wildman–Crippen MR) is 80.6 cm³/mol. The van der Waals surface area contributed by atoms with Gasteiger partial charge in [-0.05, 0) is 50.5 Å². The number of hydrogen-bond acceptors (Lipinski definition) is 4. The van der Waals surface area contributed by atoms with Gasteiger partial charge >= 0.3 is 0 Å². The maximum Gasteiger partial charge on any atom is 0.180 e. The van der Waals surface area contributed by atoms with Crippen molar-refractivity contribution in [3.05, 3.63) is 29.3 Å². The highest BCUT2D eigenvalue weighted by Crippen LogP contribution is 2.36. The van der Waals surface area contributed by atoms with Gasteiger partial charge in [-0.3, -0.25) is 4.79 Å². The number of Topliss-reactive ketones (excluding diaryl/α,β-unsaturated/α-hetero) is 1. The standard InChI is InChI=1S/C16H20O4S/c1-16(2)10-12-9-11(6-7-13(12)20-16)15(17)14-5-3-4-8-21(14,18)19/h6-7,9,14H,3-5,8,10H2,1-2H3. The summed E-state index contributed by atoms with van der Waals surface area (Å²) < 4.78 is 30.0. The molecule has 21 heavy (non-hydrogen) atoms. The van der Waals surface area contributed by atoms with E-state index in [2.05, 4.69) is 0 Å². The lowest BCUT2D eigenvalue weighted by Gasteiger charge is -2.21. The summed E-state index contributed by atoms with van der Waals surface area (Å²) in [5, 5.41) is -0.861. The van der Waals surface area contributed by atoms with Crippen LogP contribution in [0.1, 0.15) is 49.0 Å². The van der Waals surface area contributed by atoms with Gasteiger partial charge in [0.25, 0.3) is 0 Å². The predicted octanol–water partition coefficient (Wildman–Crippen LogP) is 2.55. The zero-order valence-corrected chi connectivity index (χ0v) is 13.2. The SMILES string of the molecule is CC1(C)Cc2cc(C(=O)C3CCCCS3(=O)=O)ccc2O1. The Bertz CT molecular complexity index is 688. The third-order valence-corrected chi connectivity index (χ3v) is 6.39. The van der Waals surface area contributed by atoms with Crippen LogP contribution in [0.3, 0.4) is 0 Å². The summed E-state index contributed by atoms with van der Waals surface area (Å²) in [6.07, 6.45) is 2.65. The summed E-state index contributed by atoms with van der Waals surface area (Å²) in [7, 11) is -3.29. The number of sulfone groups is 1. The number of ether oxygens (including phenoxy) is 1. The van der Waals surface area contributed by atoms with Crippen molar-refractivity contribution in [3.63, 3.8) is 0 Å². The fraction of sp³-hybridized carbons (Fsp3) is 0.562. The van der Waals surface area contributed by atoms with Crippen LogP contribution in [0.25, 0.3) is 0 Å². The van der Waals surface area contributed by atoms with Crippen LogP contribution in [-0.4, -0.2) is 30.8 Å². The molecule has 1 atom stereocenters. The summed E-state index contributed by atoms with van der Waals surface area (Å²) in [6.45, 7) is 4.00. The number of rotatable bonds is 2. The Balaban J connectivity index is 1.90. The average molecular weight is 308 g/mol. The van der Waals surface area contributed by atoms with E-state index >= 15 is 0 Å². The van der Waals surface area contributed by atoms with Gasteiger partial charge in [0.2, 0.25) is 0 Å². The van der Waals surface area contributed by atoms with Crippen LogP contribution >= 0.6 is 0 Å². The first-order chi connectivity index (χ1) is 9.78. The lowest BCUT2D eigenvalue weighted by atomic mass is 9.97. The van der Waals surface area contributed by atoms with Crippen LogP contribution in [0.2, 0.25) is 0 Å². The highest BCUT2D eigenvalue weighted by atomic mass is 32.2. The molecule has 1 aromatic carbocycles. The highest BCUT2D eigenvalue weighted by Gasteiger charge is 2.36. The smallest absolute Gasteiger partial charge is 0.180 e. The van der Waals surface area contributed by atoms with Gasteiger partial charge in [-0.15, -0.1) is 0 Å². The van der Waals surface area contributed by atoms with Crippen LogP contribution in [0, 0.1) is 0 Å². The fourth-order valence-electron chi connectivity index (χ4n) is 3.20. The molecule has 0 saturated carbocycles. The Morgan fingerprint density at radius 3 is 2.76 bits per heavy atom. The van der Waals surface area contributed by atoms with Crippen molar-refractivity contribution in [2.75, 3.05) is 5.75 Å². The molecule has 0 radical (unpaired) electrons. The van der Waals surface area contributed by atoms with Gasteiger partial charge < -0.3 is 4.74 Å². The topological polar surface area (TPSA) is 60.4 Å². The molecule has 2 heterocycles. The molecule has 0 N–H and O–H groups in total. The summed E-state index contributed by atoms with van der Waals surface area (Å²) >= 11 is 0. The summed E-state index contributed by atoms with van der Waals surface area (Å²) in [4.78, 5) is 12.6. The van der Waals surface area contributed by atoms with E-state index < -0.39 is 15.1 Å². The van der Waals surface area contributed by atoms with E-state index in [4.69, 9.17) is 4.74 Å². The molecule has 1 unspecified atom stereocenters. The highest BCUT2D eigenvalue weighted by molar-refractivity contribution is 7.92. The van der Waals surface area contributed by atoms with Crippen LogP contribution < -0.4 is 4.74 Å². The molecule has 0 bridgehead atoms. The summed E-state index contributed by atoms with van der Waals surface area (Å²) in [6, 6.07) is 5.27. The second-order valence-electron chi connectivity index (χ2n) is 6.58. The first kappa shape index (κ1) is 14.6. The van der Waals surface area contributed by atoms with Gasteiger partial charge in [0.15, 0.2) is 15.6 Å². The normalized spacial score (nSPS) is 25.9. The van der Waals surface area contributed by atoms with E-state index in [1.54, 1.807) is 18.2 Å². The van der Waals surface area contributed by atoms with E-state index in [0.717, 1.165) is 24.2 Å². The first-order valence-corrected chi connectivity index (χ1v) is 9.08. The largest absolute Gasteiger partial charge is 0.487 e. The third-order valence-electron chi connectivity index (χ3n) is 4.22. The molecule has 1 fully saturated rings. The van der Waals surface area contributed by atoms with E-state index in [1.807, 2.05) is 13.8 Å². The van der Waals surface area contributed by atoms with E-state index in [9.17, 15) is 13.2 Å². The molecule has 2 aliphatic rings. The molecule has 2 aliphatic heterocycles. The lowest BCUT2D eigenvalue weighted by molar-refractivity contribution is 0.0981. The molecule has 3 rings (SSSR count). The Hall–Kier alpha value is -1.36. The molecule has 1 saturated heterocycles. The quantitative estimate of drug-likeness (QED) is 0.788. The van der Waals surface area contributed by atoms with E-state index in [0.29, 0.717) is 18.4 Å². The van der Waals surface area contributed by atoms with Crippen LogP contribution in [0.4, 0.5) is 0 Å². The molecule has 0 spiro atoms. The Kier molecular flexibility index (Phi) is 3.35. The lowest BCUT2D eigenvalue weighted by Crippen LogP contribution is -2.35. The number of benzene rings is 1. The van der Waals surface area contributed by atoms with Gasteiger partial charge in [0.05, 0.1) is 5.75 Å². The Morgan fingerprint density at radius 2 is 2.05 bits per heavy atom. The molecule has 5 heteroatoms. The zero-order valence-electron chi connectivity index (χ0n) is 12.4. The number of carbonyl (C=O) groups is 1. The van der Waals surface area contributed by atoms with Crippen molar-refractivity contribution in [2.45, 2.75) is 50.4 Å². The van der Waals surface area contributed by atoms with Crippen molar-refractivity contribution < 1.29 is 17.9 Å². The second-order valence-corrected chi connectivity index (χ2v) is 8.88. The molecule has 0 aromatic heterocycles. The summed E-state index contributed by atoms with van der Waals surface area (Å²) in [5.41, 5.74) is 1.21. The van der Waals surface area contributed by atoms with Crippen molar-refractivity contribution in [1.29, 1.82) is 0 Å². The number of carbonyl (C=O) groups excluding carboxylic acids is 1. The van der Waals surface area contributed by atoms with Crippen molar-refractivity contribution in [2.24, 2.45) is 0 Å². The van der Waals surface area contributed by atoms with Gasteiger partial charge in [0, 0.05) is 12.0 Å². The number of hydrogen-bond donors (Lipinski definition) is 0. The van der Waals surface area contributed by atoms with Crippen LogP contribution in [-0.2, 0) is 16.3 Å². The monoisotopic (exact) mass is 308 g/mol. The Morgan fingerprint density at radius 1 is 1.29 bits per heavy atom. The molecule has 4 nitrogen and oxygen atoms in total. The third kappa shape index (κ3) is 2.71. The molecular weight excluding hydrogens is 288 g/mol. The van der Waals surface area contributed by atoms with E-state index in [1.165, 1.54) is 0 Å². The van der Waals surface area contributed by atoms with Gasteiger partial charge in [0.1, 0.15) is 16.6 Å². The van der Waals surface area contributed by atoms with Gasteiger partial charge in [-0.1, -0.05) is 6.42 Å². The fourth-order valence-corrected chi connectivity index (χ4v) is 5.08. The molecule has 1 aromatic rings. The number of fused-ring (bicyclic) bond motifs is 1. The van der Waals surface area contributed by atoms with E-state index in [-0.39, 0.29) is 17.1 Å². The first-order valence-electron chi connectivity index (χ1n) is 7.36. The number of ketones is 1. The van der Waals surface area contributed by atoms with Crippen molar-refractivity contribution in [1.82, 2.24) is 0 Å². The molecule has 0 aliphatic carbocycles. The Labute approximate surface area is 125 Å². The van der Waals surface area contributed by atoms with Crippen LogP contribution in [0.5, 0.6) is 5.75 Å². The van der Waals surface area contributed by atoms with Gasteiger partial charge in [-0.2, -0.15) is 0 Å². The van der Waals surface area contributed by atoms with Gasteiger partial charge in [-0.25, -0.2) is 8.42 Å². The minimum absolute atomic E-state index is 0.129. The molecule has 0 amide bonds.